The Kier molecular flexibility index (Phi) is 5.68. The van der Waals surface area contributed by atoms with Gasteiger partial charge in [0, 0.05) is 22.3 Å². The van der Waals surface area contributed by atoms with E-state index in [9.17, 15) is 4.79 Å². The number of fused-ring (bicyclic) bond motifs is 1. The SMILES string of the molecule is CCOc1ccc(Br)cc1/C=C/c1ccc2cccc(OC(C)=O)c2n1. The van der Waals surface area contributed by atoms with E-state index >= 15 is 0 Å². The summed E-state index contributed by atoms with van der Waals surface area (Å²) < 4.78 is 11.9. The molecule has 0 unspecified atom stereocenters. The zero-order chi connectivity index (χ0) is 18.5. The summed E-state index contributed by atoms with van der Waals surface area (Å²) in [7, 11) is 0. The molecule has 26 heavy (non-hydrogen) atoms. The van der Waals surface area contributed by atoms with Gasteiger partial charge in [-0.25, -0.2) is 4.98 Å². The second kappa shape index (κ2) is 8.15. The van der Waals surface area contributed by atoms with Crippen molar-refractivity contribution in [3.63, 3.8) is 0 Å². The predicted octanol–water partition coefficient (Wildman–Crippen LogP) is 5.49. The highest BCUT2D eigenvalue weighted by Gasteiger charge is 2.07. The molecule has 0 aliphatic carbocycles. The van der Waals surface area contributed by atoms with Gasteiger partial charge in [-0.05, 0) is 49.4 Å². The second-order valence-electron chi connectivity index (χ2n) is 5.61. The first-order valence-corrected chi connectivity index (χ1v) is 9.04. The molecule has 0 aliphatic heterocycles. The van der Waals surface area contributed by atoms with Gasteiger partial charge in [-0.2, -0.15) is 0 Å². The Labute approximate surface area is 160 Å². The minimum atomic E-state index is -0.365. The molecule has 0 spiro atoms. The number of carbonyl (C=O) groups is 1. The lowest BCUT2D eigenvalue weighted by Crippen LogP contribution is -2.02. The average Bonchev–Trinajstić information content (AvgIpc) is 2.62. The highest BCUT2D eigenvalue weighted by Crippen LogP contribution is 2.27. The van der Waals surface area contributed by atoms with Gasteiger partial charge in [0.25, 0.3) is 0 Å². The van der Waals surface area contributed by atoms with Crippen LogP contribution in [0.5, 0.6) is 11.5 Å². The van der Waals surface area contributed by atoms with E-state index in [2.05, 4.69) is 20.9 Å². The summed E-state index contributed by atoms with van der Waals surface area (Å²) in [4.78, 5) is 15.9. The van der Waals surface area contributed by atoms with Crippen molar-refractivity contribution in [2.75, 3.05) is 6.61 Å². The number of esters is 1. The first-order valence-electron chi connectivity index (χ1n) is 8.25. The molecule has 0 atom stereocenters. The molecule has 4 nitrogen and oxygen atoms in total. The minimum absolute atomic E-state index is 0.365. The number of ether oxygens (including phenoxy) is 2. The normalized spacial score (nSPS) is 11.0. The van der Waals surface area contributed by atoms with Crippen molar-refractivity contribution in [1.29, 1.82) is 0 Å². The lowest BCUT2D eigenvalue weighted by Gasteiger charge is -2.08. The van der Waals surface area contributed by atoms with Gasteiger partial charge in [-0.15, -0.1) is 0 Å². The van der Waals surface area contributed by atoms with E-state index in [0.29, 0.717) is 17.9 Å². The lowest BCUT2D eigenvalue weighted by molar-refractivity contribution is -0.131. The summed E-state index contributed by atoms with van der Waals surface area (Å²) in [5.41, 5.74) is 2.38. The van der Waals surface area contributed by atoms with Crippen LogP contribution >= 0.6 is 15.9 Å². The largest absolute Gasteiger partial charge is 0.493 e. The van der Waals surface area contributed by atoms with Crippen molar-refractivity contribution in [3.8, 4) is 11.5 Å². The number of rotatable bonds is 5. The maximum atomic E-state index is 11.3. The molecule has 1 aromatic heterocycles. The van der Waals surface area contributed by atoms with Crippen molar-refractivity contribution < 1.29 is 14.3 Å². The first-order chi connectivity index (χ1) is 12.6. The highest BCUT2D eigenvalue weighted by molar-refractivity contribution is 9.10. The minimum Gasteiger partial charge on any atom is -0.493 e. The molecule has 3 aromatic rings. The first kappa shape index (κ1) is 18.1. The third-order valence-corrected chi connectivity index (χ3v) is 4.16. The number of carbonyl (C=O) groups excluding carboxylic acids is 1. The number of hydrogen-bond donors (Lipinski definition) is 0. The van der Waals surface area contributed by atoms with Crippen LogP contribution in [0, 0.1) is 0 Å². The summed E-state index contributed by atoms with van der Waals surface area (Å²) in [6.07, 6.45) is 3.87. The van der Waals surface area contributed by atoms with E-state index in [0.717, 1.165) is 26.9 Å². The van der Waals surface area contributed by atoms with E-state index in [1.165, 1.54) is 6.92 Å². The van der Waals surface area contributed by atoms with Gasteiger partial charge < -0.3 is 9.47 Å². The van der Waals surface area contributed by atoms with Crippen molar-refractivity contribution in [2.45, 2.75) is 13.8 Å². The van der Waals surface area contributed by atoms with Crippen molar-refractivity contribution in [2.24, 2.45) is 0 Å². The molecule has 0 radical (unpaired) electrons. The fraction of sp³-hybridized carbons (Fsp3) is 0.143. The zero-order valence-electron chi connectivity index (χ0n) is 14.5. The molecule has 0 saturated heterocycles. The summed E-state index contributed by atoms with van der Waals surface area (Å²) in [6.45, 7) is 3.94. The molecule has 1 heterocycles. The van der Waals surface area contributed by atoms with E-state index in [-0.39, 0.29) is 5.97 Å². The molecule has 0 N–H and O–H groups in total. The molecule has 132 valence electrons. The van der Waals surface area contributed by atoms with Gasteiger partial charge in [0.1, 0.15) is 11.3 Å². The number of benzene rings is 2. The molecular weight excluding hydrogens is 394 g/mol. The highest BCUT2D eigenvalue weighted by atomic mass is 79.9. The fourth-order valence-corrected chi connectivity index (χ4v) is 2.96. The summed E-state index contributed by atoms with van der Waals surface area (Å²) >= 11 is 3.49. The van der Waals surface area contributed by atoms with Gasteiger partial charge in [-0.1, -0.05) is 34.1 Å². The van der Waals surface area contributed by atoms with Gasteiger partial charge >= 0.3 is 5.97 Å². The molecule has 0 amide bonds. The van der Waals surface area contributed by atoms with Crippen LogP contribution in [0.3, 0.4) is 0 Å². The van der Waals surface area contributed by atoms with Gasteiger partial charge in [-0.3, -0.25) is 4.79 Å². The van der Waals surface area contributed by atoms with Crippen LogP contribution in [-0.2, 0) is 4.79 Å². The number of pyridine rings is 1. The number of nitrogens with zero attached hydrogens (tertiary/aromatic N) is 1. The third-order valence-electron chi connectivity index (χ3n) is 3.66. The third kappa shape index (κ3) is 4.29. The van der Waals surface area contributed by atoms with E-state index in [4.69, 9.17) is 9.47 Å². The van der Waals surface area contributed by atoms with E-state index < -0.39 is 0 Å². The lowest BCUT2D eigenvalue weighted by atomic mass is 10.1. The van der Waals surface area contributed by atoms with Crippen molar-refractivity contribution >= 4 is 45.0 Å². The predicted molar refractivity (Wildman–Crippen MR) is 107 cm³/mol. The molecule has 3 rings (SSSR count). The Morgan fingerprint density at radius 3 is 2.73 bits per heavy atom. The molecule has 0 saturated carbocycles. The molecular formula is C21H18BrNO3. The van der Waals surface area contributed by atoms with Crippen molar-refractivity contribution in [3.05, 3.63) is 64.3 Å². The van der Waals surface area contributed by atoms with E-state index in [1.807, 2.05) is 61.5 Å². The number of hydrogen-bond acceptors (Lipinski definition) is 4. The summed E-state index contributed by atoms with van der Waals surface area (Å²) in [5, 5.41) is 0.915. The molecule has 5 heteroatoms. The fourth-order valence-electron chi connectivity index (χ4n) is 2.58. The average molecular weight is 412 g/mol. The summed E-state index contributed by atoms with van der Waals surface area (Å²) in [6, 6.07) is 15.3. The van der Waals surface area contributed by atoms with Crippen LogP contribution in [0.25, 0.3) is 23.1 Å². The Hall–Kier alpha value is -2.66. The standard InChI is InChI=1S/C21H18BrNO3/c1-3-25-19-12-9-17(22)13-16(19)8-11-18-10-7-15-5-4-6-20(21(15)23-18)26-14(2)24/h4-13H,3H2,1-2H3/b11-8+. The smallest absolute Gasteiger partial charge is 0.308 e. The number of para-hydroxylation sites is 1. The van der Waals surface area contributed by atoms with Crippen LogP contribution in [0.1, 0.15) is 25.1 Å². The number of aromatic nitrogens is 1. The second-order valence-corrected chi connectivity index (χ2v) is 6.52. The monoisotopic (exact) mass is 411 g/mol. The number of halogens is 1. The topological polar surface area (TPSA) is 48.4 Å². The van der Waals surface area contributed by atoms with Crippen LogP contribution in [0.2, 0.25) is 0 Å². The van der Waals surface area contributed by atoms with E-state index in [1.54, 1.807) is 6.07 Å². The van der Waals surface area contributed by atoms with Crippen LogP contribution < -0.4 is 9.47 Å². The Morgan fingerprint density at radius 2 is 1.96 bits per heavy atom. The quantitative estimate of drug-likeness (QED) is 0.411. The van der Waals surface area contributed by atoms with Crippen molar-refractivity contribution in [1.82, 2.24) is 4.98 Å². The van der Waals surface area contributed by atoms with Crippen LogP contribution in [0.4, 0.5) is 0 Å². The Morgan fingerprint density at radius 1 is 1.12 bits per heavy atom. The Bertz CT molecular complexity index is 982. The van der Waals surface area contributed by atoms with Gasteiger partial charge in [0.2, 0.25) is 0 Å². The van der Waals surface area contributed by atoms with Gasteiger partial charge in [0.05, 0.1) is 12.3 Å². The maximum Gasteiger partial charge on any atom is 0.308 e. The molecule has 0 aliphatic rings. The maximum absolute atomic E-state index is 11.3. The molecule has 0 fully saturated rings. The van der Waals surface area contributed by atoms with Gasteiger partial charge in [0.15, 0.2) is 5.75 Å². The Balaban J connectivity index is 1.97. The molecule has 0 bridgehead atoms. The van der Waals surface area contributed by atoms with Crippen LogP contribution in [-0.4, -0.2) is 17.6 Å². The van der Waals surface area contributed by atoms with Crippen LogP contribution in [0.15, 0.2) is 53.0 Å². The summed E-state index contributed by atoms with van der Waals surface area (Å²) in [5.74, 6) is 0.909. The zero-order valence-corrected chi connectivity index (χ0v) is 16.1. The molecule has 2 aromatic carbocycles.